The first-order valence-electron chi connectivity index (χ1n) is 21.7. The number of aliphatic imine (C=N–C) groups is 1. The van der Waals surface area contributed by atoms with E-state index in [1.807, 2.05) is 64.1 Å². The molecule has 2 heterocycles. The van der Waals surface area contributed by atoms with Crippen LogP contribution in [0.4, 0.5) is 15.3 Å². The quantitative estimate of drug-likeness (QED) is 0.144. The number of nitrogens with one attached hydrogen (secondary N) is 3. The van der Waals surface area contributed by atoms with Crippen molar-refractivity contribution in [1.29, 1.82) is 0 Å². The maximum Gasteiger partial charge on any atom is 0.410 e. The number of carbonyl (C=O) groups is 4. The molecule has 6 rings (SSSR count). The normalized spacial score (nSPS) is 19.6. The predicted octanol–water partition coefficient (Wildman–Crippen LogP) is 8.21. The number of rotatable bonds is 14. The van der Waals surface area contributed by atoms with Gasteiger partial charge in [0.15, 0.2) is 12.5 Å². The number of hydrogen-bond acceptors (Lipinski definition) is 11. The van der Waals surface area contributed by atoms with E-state index >= 15 is 0 Å². The lowest BCUT2D eigenvalue weighted by Gasteiger charge is -2.29. The number of ether oxygens (including phenoxy) is 2. The van der Waals surface area contributed by atoms with Crippen molar-refractivity contribution in [2.45, 2.75) is 116 Å². The number of hydrogen-bond donors (Lipinski definition) is 3. The summed E-state index contributed by atoms with van der Waals surface area (Å²) in [5.41, 5.74) is 3.52. The molecule has 0 bridgehead atoms. The van der Waals surface area contributed by atoms with Gasteiger partial charge in [-0.25, -0.2) is 27.7 Å². The number of Topliss-reactive ketones (excluding diaryl/α,β-unsaturated/α-hetero) is 1. The number of benzene rings is 3. The van der Waals surface area contributed by atoms with Crippen LogP contribution in [0, 0.1) is 24.7 Å². The Morgan fingerprint density at radius 3 is 2.13 bits per heavy atom. The summed E-state index contributed by atoms with van der Waals surface area (Å²) in [6, 6.07) is 19.6. The average molecular weight is 884 g/mol. The largest absolute Gasteiger partial charge is 0.444 e. The second-order valence-electron chi connectivity index (χ2n) is 18.8. The maximum absolute atomic E-state index is 14.0. The molecule has 2 aliphatic heterocycles. The first-order valence-corrected chi connectivity index (χ1v) is 23.2. The Kier molecular flexibility index (Phi) is 14.9. The molecule has 0 spiro atoms. The zero-order chi connectivity index (χ0) is 45.5. The van der Waals surface area contributed by atoms with Crippen molar-refractivity contribution >= 4 is 45.4 Å². The van der Waals surface area contributed by atoms with Crippen molar-refractivity contribution in [2.75, 3.05) is 31.6 Å². The fourth-order valence-electron chi connectivity index (χ4n) is 8.09. The van der Waals surface area contributed by atoms with E-state index in [1.54, 1.807) is 51.1 Å². The Balaban J connectivity index is 1.10. The van der Waals surface area contributed by atoms with Crippen LogP contribution in [0.3, 0.4) is 0 Å². The molecule has 16 heteroatoms. The molecular weight excluding hydrogens is 823 g/mol. The predicted molar refractivity (Wildman–Crippen MR) is 241 cm³/mol. The molecule has 1 aliphatic carbocycles. The topological polar surface area (TPSA) is 197 Å². The minimum Gasteiger partial charge on any atom is -0.444 e. The average Bonchev–Trinajstić information content (AvgIpc) is 3.93. The summed E-state index contributed by atoms with van der Waals surface area (Å²) in [7, 11) is -3.87. The number of ketones is 1. The molecule has 0 radical (unpaired) electrons. The molecule has 2 fully saturated rings. The van der Waals surface area contributed by atoms with Crippen molar-refractivity contribution in [3.63, 3.8) is 0 Å². The molecule has 1 saturated heterocycles. The van der Waals surface area contributed by atoms with E-state index in [4.69, 9.17) is 9.47 Å². The van der Waals surface area contributed by atoms with Crippen molar-refractivity contribution in [3.05, 3.63) is 83.4 Å². The molecule has 3 aliphatic rings. The number of carbonyl (C=O) groups excluding carboxylic acids is 4. The number of likely N-dealkylation sites (tertiary alicyclic amines) is 1. The number of azo groups is 1. The zero-order valence-electron chi connectivity index (χ0n) is 37.4. The van der Waals surface area contributed by atoms with Crippen molar-refractivity contribution in [2.24, 2.45) is 33.0 Å². The highest BCUT2D eigenvalue weighted by Crippen LogP contribution is 2.32. The summed E-state index contributed by atoms with van der Waals surface area (Å²) in [6.45, 7) is 14.1. The Labute approximate surface area is 370 Å². The van der Waals surface area contributed by atoms with E-state index in [-0.39, 0.29) is 41.4 Å². The van der Waals surface area contributed by atoms with Crippen LogP contribution in [0.5, 0.6) is 0 Å². The van der Waals surface area contributed by atoms with Crippen LogP contribution in [0.15, 0.2) is 86.8 Å². The lowest BCUT2D eigenvalue weighted by Crippen LogP contribution is -2.40. The molecule has 2 atom stereocenters. The number of sulfonamides is 1. The van der Waals surface area contributed by atoms with Crippen LogP contribution < -0.4 is 15.4 Å². The third-order valence-corrected chi connectivity index (χ3v) is 12.8. The van der Waals surface area contributed by atoms with Crippen LogP contribution in [0.2, 0.25) is 0 Å². The molecule has 3 aromatic rings. The first kappa shape index (κ1) is 47.0. The molecule has 3 aromatic carbocycles. The fourth-order valence-corrected chi connectivity index (χ4v) is 9.44. The van der Waals surface area contributed by atoms with Gasteiger partial charge in [-0.1, -0.05) is 30.3 Å². The monoisotopic (exact) mass is 883 g/mol. The highest BCUT2D eigenvalue weighted by molar-refractivity contribution is 7.89. The number of amidine groups is 1. The Morgan fingerprint density at radius 2 is 1.51 bits per heavy atom. The Bertz CT molecular complexity index is 2310. The minimum atomic E-state index is -3.87. The first-order chi connectivity index (χ1) is 29.7. The van der Waals surface area contributed by atoms with Crippen LogP contribution in [0.25, 0.3) is 11.1 Å². The van der Waals surface area contributed by atoms with Gasteiger partial charge >= 0.3 is 12.2 Å². The minimum absolute atomic E-state index is 0.0544. The fraction of sp³-hybridized carbons (Fsp3) is 0.511. The van der Waals surface area contributed by atoms with E-state index in [0.29, 0.717) is 57.0 Å². The number of anilines is 1. The van der Waals surface area contributed by atoms with E-state index in [0.717, 1.165) is 40.7 Å². The molecule has 338 valence electrons. The number of nitrogens with zero attached hydrogens (tertiary/aromatic N) is 4. The maximum atomic E-state index is 14.0. The van der Waals surface area contributed by atoms with Gasteiger partial charge in [0.1, 0.15) is 17.0 Å². The van der Waals surface area contributed by atoms with Gasteiger partial charge in [-0.15, -0.1) is 5.11 Å². The summed E-state index contributed by atoms with van der Waals surface area (Å²) in [6.07, 6.45) is 2.94. The highest BCUT2D eigenvalue weighted by atomic mass is 32.2. The molecule has 0 unspecified atom stereocenters. The van der Waals surface area contributed by atoms with Crippen LogP contribution >= 0.6 is 0 Å². The molecule has 63 heavy (non-hydrogen) atoms. The van der Waals surface area contributed by atoms with Crippen LogP contribution in [-0.4, -0.2) is 86.6 Å². The van der Waals surface area contributed by atoms with Gasteiger partial charge in [0, 0.05) is 55.2 Å². The molecule has 15 nitrogen and oxygen atoms in total. The SMILES string of the molecule is Cc1cc(S(=O)(=O)N[C@@H]2CCN(C(=O)OC(C)(C)C)C2)ccc1-c1ccc(C[C@H](CC(=O)C2CCC(CNC(=O)OC(C)(C)C)CC2)C(=O)Nc2ccc(C3=NCN=N3)cc2)cc1. The second kappa shape index (κ2) is 19.9. The molecule has 3 N–H and O–H groups in total. The third-order valence-electron chi connectivity index (χ3n) is 11.3. The smallest absolute Gasteiger partial charge is 0.410 e. The van der Waals surface area contributed by atoms with Crippen molar-refractivity contribution in [1.82, 2.24) is 14.9 Å². The summed E-state index contributed by atoms with van der Waals surface area (Å²) >= 11 is 0. The van der Waals surface area contributed by atoms with Crippen molar-refractivity contribution < 1.29 is 37.1 Å². The molecule has 1 saturated carbocycles. The summed E-state index contributed by atoms with van der Waals surface area (Å²) in [5.74, 6) is -0.232. The van der Waals surface area contributed by atoms with Gasteiger partial charge in [0.05, 0.1) is 4.90 Å². The summed E-state index contributed by atoms with van der Waals surface area (Å²) < 4.78 is 40.4. The standard InChI is InChI=1S/C47H61N7O8S/c1-30-24-39(63(59,60)53-38-22-23-54(28-38)45(58)62-47(5,6)7)20-21-40(30)33-12-8-31(9-13-33)25-36(43(56)51-37-18-16-35(17-19-37)42-49-29-50-52-42)26-41(55)34-14-10-32(11-15-34)27-48-44(57)61-46(2,3)4/h8-9,12-13,16-21,24,32,34,36,38,53H,10-11,14-15,22-23,25-29H2,1-7H3,(H,48,57)(H,51,56)/t32?,34?,36-,38-/m1/s1. The van der Waals surface area contributed by atoms with Gasteiger partial charge in [-0.2, -0.15) is 5.11 Å². The van der Waals surface area contributed by atoms with Crippen LogP contribution in [-0.2, 0) is 35.5 Å². The highest BCUT2D eigenvalue weighted by Gasteiger charge is 2.33. The number of alkyl carbamates (subject to hydrolysis) is 1. The lowest BCUT2D eigenvalue weighted by molar-refractivity contribution is -0.129. The second-order valence-corrected chi connectivity index (χ2v) is 20.5. The van der Waals surface area contributed by atoms with E-state index in [1.165, 1.54) is 4.90 Å². The van der Waals surface area contributed by atoms with Crippen molar-refractivity contribution in [3.8, 4) is 11.1 Å². The van der Waals surface area contributed by atoms with E-state index in [2.05, 4.69) is 30.6 Å². The lowest BCUT2D eigenvalue weighted by atomic mass is 9.77. The summed E-state index contributed by atoms with van der Waals surface area (Å²) in [5, 5.41) is 13.8. The molecule has 3 amide bonds. The van der Waals surface area contributed by atoms with Crippen LogP contribution in [0.1, 0.15) is 96.8 Å². The van der Waals surface area contributed by atoms with Gasteiger partial charge in [0.25, 0.3) is 0 Å². The Hall–Kier alpha value is -5.48. The zero-order valence-corrected chi connectivity index (χ0v) is 38.2. The van der Waals surface area contributed by atoms with Gasteiger partial charge in [0.2, 0.25) is 15.9 Å². The van der Waals surface area contributed by atoms with Gasteiger partial charge < -0.3 is 25.0 Å². The van der Waals surface area contributed by atoms with Gasteiger partial charge in [-0.05, 0) is 152 Å². The van der Waals surface area contributed by atoms with E-state index < -0.39 is 45.4 Å². The third kappa shape index (κ3) is 13.5. The van der Waals surface area contributed by atoms with Gasteiger partial charge in [-0.3, -0.25) is 9.59 Å². The molecular formula is C47H61N7O8S. The number of aryl methyl sites for hydroxylation is 1. The molecule has 0 aromatic heterocycles. The summed E-state index contributed by atoms with van der Waals surface area (Å²) in [4.78, 5) is 58.5. The number of amides is 3. The van der Waals surface area contributed by atoms with E-state index in [9.17, 15) is 27.6 Å². The Morgan fingerprint density at radius 1 is 0.841 bits per heavy atom.